The molecule has 0 radical (unpaired) electrons. The Hall–Kier alpha value is -2.54. The topological polar surface area (TPSA) is 86.7 Å². The van der Waals surface area contributed by atoms with E-state index in [2.05, 4.69) is 25.2 Å². The van der Waals surface area contributed by atoms with E-state index in [0.29, 0.717) is 6.42 Å². The van der Waals surface area contributed by atoms with E-state index in [1.54, 1.807) is 0 Å². The van der Waals surface area contributed by atoms with Crippen molar-refractivity contribution in [3.05, 3.63) is 41.5 Å². The van der Waals surface area contributed by atoms with Crippen molar-refractivity contribution in [2.75, 3.05) is 14.2 Å². The molecule has 6 nitrogen and oxygen atoms in total. The molecule has 3 atom stereocenters. The predicted octanol–water partition coefficient (Wildman–Crippen LogP) is 2.57. The summed E-state index contributed by atoms with van der Waals surface area (Å²) in [6.07, 6.45) is 0.823. The average molecular weight is 441 g/mol. The second-order valence-corrected chi connectivity index (χ2v) is 14.2. The Balaban J connectivity index is 1.86. The third-order valence-corrected chi connectivity index (χ3v) is 11.8. The minimum atomic E-state index is -2.31. The first-order valence-electron chi connectivity index (χ1n) is 10.7. The Morgan fingerprint density at radius 1 is 0.968 bits per heavy atom. The lowest BCUT2D eigenvalue weighted by atomic mass is 9.77. The summed E-state index contributed by atoms with van der Waals surface area (Å²) in [6, 6.07) is 10.1. The van der Waals surface area contributed by atoms with E-state index in [1.807, 2.05) is 18.2 Å². The van der Waals surface area contributed by atoms with Gasteiger partial charge in [-0.25, -0.2) is 0 Å². The summed E-state index contributed by atoms with van der Waals surface area (Å²) in [5.41, 5.74) is 0.388. The second-order valence-electron chi connectivity index (χ2n) is 9.56. The van der Waals surface area contributed by atoms with Crippen LogP contribution in [0.25, 0.3) is 0 Å². The molecule has 3 aliphatic carbocycles. The average Bonchev–Trinajstić information content (AvgIpc) is 3.29. The number of benzene rings is 1. The number of allylic oxidation sites excluding steroid dienone is 2. The molecule has 164 valence electrons. The highest BCUT2D eigenvalue weighted by molar-refractivity contribution is 6.91. The molecule has 0 aromatic heterocycles. The van der Waals surface area contributed by atoms with Gasteiger partial charge in [-0.05, 0) is 24.8 Å². The number of ketones is 2. The van der Waals surface area contributed by atoms with E-state index in [0.717, 1.165) is 11.1 Å². The molecule has 7 heteroatoms. The van der Waals surface area contributed by atoms with E-state index in [1.165, 1.54) is 19.4 Å². The zero-order valence-electron chi connectivity index (χ0n) is 18.4. The van der Waals surface area contributed by atoms with Crippen LogP contribution in [0.5, 0.6) is 0 Å². The van der Waals surface area contributed by atoms with E-state index >= 15 is 0 Å². The van der Waals surface area contributed by atoms with Crippen molar-refractivity contribution in [2.24, 2.45) is 17.3 Å². The maximum atomic E-state index is 13.0. The molecule has 1 aromatic carbocycles. The predicted molar refractivity (Wildman–Crippen MR) is 116 cm³/mol. The first-order chi connectivity index (χ1) is 14.7. The van der Waals surface area contributed by atoms with Crippen LogP contribution in [0.15, 0.2) is 41.5 Å². The number of ether oxygens (including phenoxy) is 2. The van der Waals surface area contributed by atoms with E-state index in [4.69, 9.17) is 9.47 Å². The van der Waals surface area contributed by atoms with Crippen LogP contribution in [-0.2, 0) is 28.7 Å². The quantitative estimate of drug-likeness (QED) is 0.310. The molecule has 4 rings (SSSR count). The van der Waals surface area contributed by atoms with Gasteiger partial charge >= 0.3 is 11.9 Å². The van der Waals surface area contributed by atoms with Gasteiger partial charge < -0.3 is 9.47 Å². The molecule has 0 aliphatic heterocycles. The number of esters is 2. The van der Waals surface area contributed by atoms with Crippen LogP contribution in [0.2, 0.25) is 18.6 Å². The smallest absolute Gasteiger partial charge is 0.323 e. The highest BCUT2D eigenvalue weighted by Gasteiger charge is 2.62. The molecule has 3 unspecified atom stereocenters. The van der Waals surface area contributed by atoms with Gasteiger partial charge in [-0.2, -0.15) is 0 Å². The van der Waals surface area contributed by atoms with E-state index in [-0.39, 0.29) is 48.2 Å². The van der Waals surface area contributed by atoms with Crippen LogP contribution in [0.4, 0.5) is 0 Å². The molecule has 31 heavy (non-hydrogen) atoms. The number of hydrogen-bond acceptors (Lipinski definition) is 6. The summed E-state index contributed by atoms with van der Waals surface area (Å²) >= 11 is 0. The van der Waals surface area contributed by atoms with Crippen molar-refractivity contribution in [1.82, 2.24) is 0 Å². The highest BCUT2D eigenvalue weighted by atomic mass is 28.3. The molecule has 0 heterocycles. The molecule has 0 amide bonds. The fraction of sp³-hybridized carbons (Fsp3) is 0.500. The lowest BCUT2D eigenvalue weighted by Crippen LogP contribution is -2.52. The van der Waals surface area contributed by atoms with Gasteiger partial charge in [0.15, 0.2) is 5.41 Å². The lowest BCUT2D eigenvalue weighted by molar-refractivity contribution is -0.168. The second kappa shape index (κ2) is 7.55. The van der Waals surface area contributed by atoms with Gasteiger partial charge in [-0.15, -0.1) is 0 Å². The molecular weight excluding hydrogens is 412 g/mol. The normalized spacial score (nSPS) is 27.0. The van der Waals surface area contributed by atoms with Crippen molar-refractivity contribution in [3.63, 3.8) is 0 Å². The van der Waals surface area contributed by atoms with Crippen LogP contribution in [0.1, 0.15) is 25.7 Å². The van der Waals surface area contributed by atoms with Crippen LogP contribution in [0, 0.1) is 17.3 Å². The summed E-state index contributed by atoms with van der Waals surface area (Å²) in [7, 11) is 0.231. The van der Waals surface area contributed by atoms with Crippen molar-refractivity contribution in [2.45, 2.75) is 44.3 Å². The summed E-state index contributed by atoms with van der Waals surface area (Å²) in [5, 5.41) is 1.19. The maximum absolute atomic E-state index is 13.0. The Morgan fingerprint density at radius 3 is 2.16 bits per heavy atom. The molecular formula is C24H28O6Si. The standard InChI is InChI=1S/C24H28O6Si/c1-29-22(27)24(23(28)30-2)12-14-10-16-18(25)11-19(26)20(16)21(17(14)13-24)31(3,4)15-8-6-5-7-9-15/h5-9,16,20-21H,10-13H2,1-4H3. The summed E-state index contributed by atoms with van der Waals surface area (Å²) < 4.78 is 10.0. The van der Waals surface area contributed by atoms with Gasteiger partial charge in [0, 0.05) is 11.8 Å². The maximum Gasteiger partial charge on any atom is 0.323 e. The Labute approximate surface area is 183 Å². The zero-order chi connectivity index (χ0) is 22.6. The van der Waals surface area contributed by atoms with Gasteiger partial charge in [0.1, 0.15) is 11.6 Å². The largest absolute Gasteiger partial charge is 0.468 e. The fourth-order valence-electron chi connectivity index (χ4n) is 6.20. The zero-order valence-corrected chi connectivity index (χ0v) is 19.4. The molecule has 0 saturated heterocycles. The van der Waals surface area contributed by atoms with Gasteiger partial charge in [-0.3, -0.25) is 19.2 Å². The van der Waals surface area contributed by atoms with Crippen LogP contribution in [-0.4, -0.2) is 45.8 Å². The van der Waals surface area contributed by atoms with Gasteiger partial charge in [0.25, 0.3) is 0 Å². The number of carbonyl (C=O) groups is 4. The third kappa shape index (κ3) is 3.13. The Morgan fingerprint density at radius 2 is 1.58 bits per heavy atom. The number of Topliss-reactive ketones (excluding diaryl/α,β-unsaturated/α-hetero) is 2. The summed E-state index contributed by atoms with van der Waals surface area (Å²) in [5.74, 6) is -1.99. The third-order valence-electron chi connectivity index (χ3n) is 7.68. The first-order valence-corrected chi connectivity index (χ1v) is 13.7. The first kappa shape index (κ1) is 21.7. The fourth-order valence-corrected chi connectivity index (χ4v) is 10.1. The minimum absolute atomic E-state index is 0.00306. The van der Waals surface area contributed by atoms with Gasteiger partial charge in [-0.1, -0.05) is 59.8 Å². The Kier molecular flexibility index (Phi) is 5.28. The number of methoxy groups -OCH3 is 2. The molecule has 1 aromatic rings. The van der Waals surface area contributed by atoms with Crippen molar-refractivity contribution in [3.8, 4) is 0 Å². The number of carbonyl (C=O) groups excluding carboxylic acids is 4. The molecule has 0 N–H and O–H groups in total. The molecule has 0 bridgehead atoms. The van der Waals surface area contributed by atoms with Crippen molar-refractivity contribution in [1.29, 1.82) is 0 Å². The van der Waals surface area contributed by atoms with E-state index in [9.17, 15) is 19.2 Å². The van der Waals surface area contributed by atoms with Crippen LogP contribution >= 0.6 is 0 Å². The summed E-state index contributed by atoms with van der Waals surface area (Å²) in [4.78, 5) is 51.4. The van der Waals surface area contributed by atoms with Crippen molar-refractivity contribution >= 4 is 36.8 Å². The monoisotopic (exact) mass is 440 g/mol. The lowest BCUT2D eigenvalue weighted by Gasteiger charge is -2.43. The van der Waals surface area contributed by atoms with Crippen LogP contribution in [0.3, 0.4) is 0 Å². The number of fused-ring (bicyclic) bond motifs is 1. The Bertz CT molecular complexity index is 977. The summed E-state index contributed by atoms with van der Waals surface area (Å²) in [6.45, 7) is 4.43. The SMILES string of the molecule is COC(=O)C1(C(=O)OC)CC2=C(C1)C([Si](C)(C)c1ccccc1)C1C(=O)CC(=O)C1C2. The molecule has 1 saturated carbocycles. The molecule has 1 fully saturated rings. The van der Waals surface area contributed by atoms with Gasteiger partial charge in [0.2, 0.25) is 0 Å². The number of hydrogen-bond donors (Lipinski definition) is 0. The van der Waals surface area contributed by atoms with Gasteiger partial charge in [0.05, 0.1) is 28.7 Å². The molecule has 3 aliphatic rings. The van der Waals surface area contributed by atoms with Crippen molar-refractivity contribution < 1.29 is 28.7 Å². The van der Waals surface area contributed by atoms with Crippen LogP contribution < -0.4 is 5.19 Å². The van der Waals surface area contributed by atoms with E-state index < -0.39 is 25.4 Å². The molecule has 0 spiro atoms. The number of rotatable bonds is 4. The minimum Gasteiger partial charge on any atom is -0.468 e. The highest BCUT2D eigenvalue weighted by Crippen LogP contribution is 2.60.